The second-order valence-electron chi connectivity index (χ2n) is 14.4. The SMILES string of the molecule is Cc1cc(C(=O)Nc2ccc3nc(CN4CC=C(c5cccc(OCc6ccc(Cl)cc6F)n5)CC4)n(C[C@@H]4CCO4)c3c2)cc2c1NC(=O)C21CC1. The van der Waals surface area contributed by atoms with Crippen molar-refractivity contribution in [2.24, 2.45) is 0 Å². The van der Waals surface area contributed by atoms with Crippen LogP contribution in [-0.4, -0.2) is 57.0 Å². The lowest BCUT2D eigenvalue weighted by atomic mass is 9.93. The maximum atomic E-state index is 14.2. The molecule has 4 aliphatic rings. The molecule has 1 saturated heterocycles. The van der Waals surface area contributed by atoms with Crippen LogP contribution in [0, 0.1) is 12.7 Å². The van der Waals surface area contributed by atoms with E-state index in [0.717, 1.165) is 90.3 Å². The molecule has 3 aliphatic heterocycles. The number of anilines is 2. The Morgan fingerprint density at radius 3 is 2.75 bits per heavy atom. The predicted octanol–water partition coefficient (Wildman–Crippen LogP) is 7.43. The van der Waals surface area contributed by atoms with Gasteiger partial charge >= 0.3 is 0 Å². The number of aromatic nitrogens is 3. The molecule has 2 amide bonds. The van der Waals surface area contributed by atoms with E-state index < -0.39 is 11.2 Å². The number of carbonyl (C=O) groups excluding carboxylic acids is 2. The number of benzene rings is 3. The van der Waals surface area contributed by atoms with Gasteiger partial charge in [0.05, 0.1) is 41.3 Å². The summed E-state index contributed by atoms with van der Waals surface area (Å²) in [7, 11) is 0. The first-order valence-electron chi connectivity index (χ1n) is 18.1. The van der Waals surface area contributed by atoms with Crippen LogP contribution in [0.1, 0.15) is 64.2 Å². The topological polar surface area (TPSA) is 111 Å². The molecule has 53 heavy (non-hydrogen) atoms. The van der Waals surface area contributed by atoms with E-state index in [4.69, 9.17) is 31.0 Å². The summed E-state index contributed by atoms with van der Waals surface area (Å²) >= 11 is 5.88. The molecule has 5 heterocycles. The molecule has 3 aromatic carbocycles. The highest BCUT2D eigenvalue weighted by Gasteiger charge is 2.56. The zero-order valence-corrected chi connectivity index (χ0v) is 30.0. The van der Waals surface area contributed by atoms with Gasteiger partial charge in [0, 0.05) is 53.3 Å². The number of nitrogens with zero attached hydrogens (tertiary/aromatic N) is 4. The lowest BCUT2D eigenvalue weighted by molar-refractivity contribution is -0.117. The minimum absolute atomic E-state index is 0.0396. The molecule has 2 aromatic heterocycles. The van der Waals surface area contributed by atoms with Crippen molar-refractivity contribution in [1.82, 2.24) is 19.4 Å². The van der Waals surface area contributed by atoms with E-state index >= 15 is 0 Å². The van der Waals surface area contributed by atoms with Gasteiger partial charge in [-0.15, -0.1) is 0 Å². The highest BCUT2D eigenvalue weighted by Crippen LogP contribution is 2.56. The third kappa shape index (κ3) is 6.47. The average Bonchev–Trinajstić information content (AvgIpc) is 3.81. The molecule has 1 spiro atoms. The number of imidazole rings is 1. The molecular weight excluding hydrogens is 695 g/mol. The number of ether oxygens (including phenoxy) is 2. The summed E-state index contributed by atoms with van der Waals surface area (Å²) in [6.45, 7) is 5.63. The quantitative estimate of drug-likeness (QED) is 0.154. The maximum absolute atomic E-state index is 14.2. The van der Waals surface area contributed by atoms with Crippen LogP contribution in [0.3, 0.4) is 0 Å². The van der Waals surface area contributed by atoms with Crippen molar-refractivity contribution in [2.75, 3.05) is 30.3 Å². The van der Waals surface area contributed by atoms with Crippen LogP contribution in [0.25, 0.3) is 16.6 Å². The van der Waals surface area contributed by atoms with Crippen LogP contribution in [0.5, 0.6) is 5.88 Å². The second kappa shape index (κ2) is 13.4. The molecule has 0 unspecified atom stereocenters. The number of hydrogen-bond donors (Lipinski definition) is 2. The van der Waals surface area contributed by atoms with Crippen LogP contribution in [0.4, 0.5) is 15.8 Å². The third-order valence-corrected chi connectivity index (χ3v) is 11.1. The van der Waals surface area contributed by atoms with Crippen LogP contribution in [0.15, 0.2) is 72.8 Å². The van der Waals surface area contributed by atoms with E-state index in [2.05, 4.69) is 26.2 Å². The molecule has 1 atom stereocenters. The van der Waals surface area contributed by atoms with Crippen molar-refractivity contribution in [3.63, 3.8) is 0 Å². The second-order valence-corrected chi connectivity index (χ2v) is 14.9. The zero-order valence-electron chi connectivity index (χ0n) is 29.3. The van der Waals surface area contributed by atoms with Gasteiger partial charge in [-0.25, -0.2) is 14.4 Å². The molecule has 0 radical (unpaired) electrons. The highest BCUT2D eigenvalue weighted by molar-refractivity contribution is 6.30. The Kier molecular flexibility index (Phi) is 8.52. The van der Waals surface area contributed by atoms with E-state index in [0.29, 0.717) is 40.8 Å². The summed E-state index contributed by atoms with van der Waals surface area (Å²) in [5.74, 6) is 0.801. The van der Waals surface area contributed by atoms with Crippen molar-refractivity contribution in [3.05, 3.63) is 117 Å². The molecule has 2 N–H and O–H groups in total. The largest absolute Gasteiger partial charge is 0.473 e. The molecule has 5 aromatic rings. The van der Waals surface area contributed by atoms with Gasteiger partial charge in [-0.05, 0) is 97.8 Å². The Balaban J connectivity index is 0.901. The number of amides is 2. The first-order valence-corrected chi connectivity index (χ1v) is 18.4. The van der Waals surface area contributed by atoms with E-state index in [9.17, 15) is 14.0 Å². The molecule has 12 heteroatoms. The molecule has 2 fully saturated rings. The fraction of sp³-hybridized carbons (Fsp3) is 0.317. The molecule has 0 bridgehead atoms. The normalized spacial score (nSPS) is 18.7. The van der Waals surface area contributed by atoms with E-state index in [-0.39, 0.29) is 24.5 Å². The van der Waals surface area contributed by atoms with Crippen LogP contribution in [-0.2, 0) is 34.6 Å². The number of aryl methyl sites for hydroxylation is 1. The van der Waals surface area contributed by atoms with Crippen LogP contribution < -0.4 is 15.4 Å². The number of halogens is 2. The standard InChI is InChI=1S/C41H38ClFN6O4/c1-24-17-27(18-31-38(24)47-40(51)41(31)12-13-41)39(50)44-29-7-8-34-35(20-29)49(21-30-11-16-52-30)36(45-34)22-48-14-9-25(10-15-48)33-3-2-4-37(46-33)53-23-26-5-6-28(42)19-32(26)43/h2-9,17-20,30H,10-16,21-23H2,1H3,(H,44,50)(H,47,51)/t30-/m0/s1. The smallest absolute Gasteiger partial charge is 0.255 e. The fourth-order valence-corrected chi connectivity index (χ4v) is 7.76. The average molecular weight is 733 g/mol. The first kappa shape index (κ1) is 33.7. The first-order chi connectivity index (χ1) is 25.7. The monoisotopic (exact) mass is 732 g/mol. The number of carbonyl (C=O) groups is 2. The van der Waals surface area contributed by atoms with Gasteiger partial charge in [-0.2, -0.15) is 0 Å². The van der Waals surface area contributed by atoms with Gasteiger partial charge in [0.25, 0.3) is 5.91 Å². The lowest BCUT2D eigenvalue weighted by Gasteiger charge is -2.29. The van der Waals surface area contributed by atoms with Gasteiger partial charge in [-0.3, -0.25) is 14.5 Å². The lowest BCUT2D eigenvalue weighted by Crippen LogP contribution is -2.33. The van der Waals surface area contributed by atoms with E-state index in [1.54, 1.807) is 18.2 Å². The molecule has 10 nitrogen and oxygen atoms in total. The number of pyridine rings is 1. The molecular formula is C41H38ClFN6O4. The van der Waals surface area contributed by atoms with Crippen molar-refractivity contribution < 1.29 is 23.5 Å². The summed E-state index contributed by atoms with van der Waals surface area (Å²) in [6, 6.07) is 19.7. The van der Waals surface area contributed by atoms with Crippen LogP contribution in [0.2, 0.25) is 5.02 Å². The summed E-state index contributed by atoms with van der Waals surface area (Å²) in [6.07, 6.45) is 5.74. The maximum Gasteiger partial charge on any atom is 0.255 e. The predicted molar refractivity (Wildman–Crippen MR) is 201 cm³/mol. The van der Waals surface area contributed by atoms with Crippen LogP contribution >= 0.6 is 11.6 Å². The Morgan fingerprint density at radius 2 is 2.00 bits per heavy atom. The number of rotatable bonds is 10. The molecule has 1 aliphatic carbocycles. The number of fused-ring (bicyclic) bond motifs is 3. The van der Waals surface area contributed by atoms with E-state index in [1.165, 1.54) is 6.07 Å². The molecule has 270 valence electrons. The highest BCUT2D eigenvalue weighted by atomic mass is 35.5. The van der Waals surface area contributed by atoms with Gasteiger partial charge in [0.15, 0.2) is 0 Å². The van der Waals surface area contributed by atoms with Crippen molar-refractivity contribution in [2.45, 2.75) is 63.8 Å². The van der Waals surface area contributed by atoms with E-state index in [1.807, 2.05) is 49.4 Å². The summed E-state index contributed by atoms with van der Waals surface area (Å²) in [5.41, 5.74) is 7.63. The Morgan fingerprint density at radius 1 is 1.13 bits per heavy atom. The summed E-state index contributed by atoms with van der Waals surface area (Å²) < 4.78 is 28.1. The minimum Gasteiger partial charge on any atom is -0.473 e. The van der Waals surface area contributed by atoms with Gasteiger partial charge < -0.3 is 24.7 Å². The summed E-state index contributed by atoms with van der Waals surface area (Å²) in [4.78, 5) is 38.3. The zero-order chi connectivity index (χ0) is 36.3. The fourth-order valence-electron chi connectivity index (χ4n) is 7.60. The minimum atomic E-state index is -0.466. The van der Waals surface area contributed by atoms with Crippen molar-refractivity contribution in [1.29, 1.82) is 0 Å². The Hall–Kier alpha value is -5.10. The molecule has 9 rings (SSSR count). The van der Waals surface area contributed by atoms with Crippen molar-refractivity contribution in [3.8, 4) is 5.88 Å². The number of nitrogens with one attached hydrogen (secondary N) is 2. The van der Waals surface area contributed by atoms with Gasteiger partial charge in [-0.1, -0.05) is 29.8 Å². The Bertz CT molecular complexity index is 2330. The Labute approximate surface area is 311 Å². The third-order valence-electron chi connectivity index (χ3n) is 10.9. The van der Waals surface area contributed by atoms with Gasteiger partial charge in [0.1, 0.15) is 18.2 Å². The molecule has 1 saturated carbocycles. The summed E-state index contributed by atoms with van der Waals surface area (Å²) in [5, 5.41) is 6.47. The van der Waals surface area contributed by atoms with Gasteiger partial charge in [0.2, 0.25) is 11.8 Å². The van der Waals surface area contributed by atoms with Crippen molar-refractivity contribution >= 4 is 51.4 Å². The number of hydrogen-bond acceptors (Lipinski definition) is 7.